The highest BCUT2D eigenvalue weighted by molar-refractivity contribution is 6.30. The predicted molar refractivity (Wildman–Crippen MR) is 279 cm³/mol. The quantitative estimate of drug-likeness (QED) is 0.175. The third-order valence-electron chi connectivity index (χ3n) is 13.6. The second kappa shape index (κ2) is 14.8. The molecule has 0 saturated carbocycles. The second-order valence-corrected chi connectivity index (χ2v) is 17.5. The van der Waals surface area contributed by atoms with E-state index in [1.165, 1.54) is 37.7 Å². The molecule has 1 atom stereocenters. The molecule has 0 radical (unpaired) electrons. The number of hydrogen-bond acceptors (Lipinski definition) is 5. The number of aromatic nitrogens is 1. The summed E-state index contributed by atoms with van der Waals surface area (Å²) >= 11 is 0. The summed E-state index contributed by atoms with van der Waals surface area (Å²) < 4.78 is 6.82. The third-order valence-corrected chi connectivity index (χ3v) is 13.6. The number of pyridine rings is 1. The Morgan fingerprint density at radius 3 is 1.84 bits per heavy atom. The van der Waals surface area contributed by atoms with Gasteiger partial charge in [-0.25, -0.2) is 15.0 Å². The Hall–Kier alpha value is -8.93. The average molecular weight is 855 g/mol. The molecule has 0 aliphatic carbocycles. The normalized spacial score (nSPS) is 14.1. The van der Waals surface area contributed by atoms with Crippen molar-refractivity contribution < 1.29 is 4.42 Å². The first-order chi connectivity index (χ1) is 33.2. The molecule has 11 aromatic carbocycles. The number of furan rings is 1. The molecule has 1 unspecified atom stereocenters. The zero-order valence-corrected chi connectivity index (χ0v) is 36.1. The van der Waals surface area contributed by atoms with Gasteiger partial charge in [-0.1, -0.05) is 182 Å². The highest BCUT2D eigenvalue weighted by Gasteiger charge is 2.25. The Bertz CT molecular complexity index is 4230. The van der Waals surface area contributed by atoms with Crippen LogP contribution in [0.25, 0.3) is 109 Å². The maximum absolute atomic E-state index is 6.82. The molecule has 0 fully saturated rings. The largest absolute Gasteiger partial charge is 0.456 e. The van der Waals surface area contributed by atoms with Crippen molar-refractivity contribution in [3.8, 4) is 22.4 Å². The van der Waals surface area contributed by atoms with Crippen LogP contribution < -0.4 is 5.32 Å². The Kier molecular flexibility index (Phi) is 8.28. The summed E-state index contributed by atoms with van der Waals surface area (Å²) in [4.78, 5) is 16.0. The molecule has 5 heteroatoms. The number of benzene rings is 11. The standard InChI is InChI=1S/C62H38N4O/c1-2-16-38(17-3-1)60-64-61(66-62(65-60)43-30-29-37-15-4-5-18-39(37)33-43)42-20-14-19-41(34-42)59-52-36-55-58(50-26-11-13-28-54(50)67-55)56(57(52)49-25-10-12-27-53(49)63-59)40-31-32-48-46-23-7-6-21-44(46)45-22-8-9-24-47(45)51(48)35-40/h1-36,60H,(H,64,65,66). The molecule has 5 nitrogen and oxygen atoms in total. The smallest absolute Gasteiger partial charge is 0.159 e. The van der Waals surface area contributed by atoms with Gasteiger partial charge in [-0.2, -0.15) is 0 Å². The van der Waals surface area contributed by atoms with Crippen LogP contribution in [0, 0.1) is 0 Å². The summed E-state index contributed by atoms with van der Waals surface area (Å²) in [7, 11) is 0. The Morgan fingerprint density at radius 2 is 1.03 bits per heavy atom. The minimum Gasteiger partial charge on any atom is -0.456 e. The number of amidine groups is 2. The lowest BCUT2D eigenvalue weighted by Crippen LogP contribution is -2.33. The van der Waals surface area contributed by atoms with Gasteiger partial charge in [-0.05, 0) is 90.6 Å². The summed E-state index contributed by atoms with van der Waals surface area (Å²) in [6.45, 7) is 0. The minimum absolute atomic E-state index is 0.334. The van der Waals surface area contributed by atoms with E-state index in [1.807, 2.05) is 12.1 Å². The van der Waals surface area contributed by atoms with E-state index in [0.29, 0.717) is 5.84 Å². The molecule has 13 aromatic rings. The molecule has 1 aliphatic heterocycles. The van der Waals surface area contributed by atoms with Crippen molar-refractivity contribution in [1.82, 2.24) is 10.3 Å². The van der Waals surface area contributed by atoms with Gasteiger partial charge in [-0.15, -0.1) is 0 Å². The van der Waals surface area contributed by atoms with Crippen LogP contribution in [0.5, 0.6) is 0 Å². The zero-order valence-electron chi connectivity index (χ0n) is 36.1. The van der Waals surface area contributed by atoms with Crippen molar-refractivity contribution in [3.63, 3.8) is 0 Å². The fraction of sp³-hybridized carbons (Fsp3) is 0.0161. The van der Waals surface area contributed by atoms with E-state index < -0.39 is 0 Å². The van der Waals surface area contributed by atoms with Gasteiger partial charge >= 0.3 is 0 Å². The van der Waals surface area contributed by atoms with Gasteiger partial charge in [0.15, 0.2) is 5.84 Å². The Labute approximate surface area is 385 Å². The van der Waals surface area contributed by atoms with Crippen molar-refractivity contribution in [2.45, 2.75) is 6.17 Å². The number of nitrogens with zero attached hydrogens (tertiary/aromatic N) is 3. The van der Waals surface area contributed by atoms with Crippen LogP contribution >= 0.6 is 0 Å². The molecule has 0 spiro atoms. The first-order valence-corrected chi connectivity index (χ1v) is 22.8. The lowest BCUT2D eigenvalue weighted by molar-refractivity contribution is 0.669. The molecule has 2 aromatic heterocycles. The molecule has 312 valence electrons. The van der Waals surface area contributed by atoms with Gasteiger partial charge in [0.05, 0.1) is 11.2 Å². The third kappa shape index (κ3) is 5.98. The lowest BCUT2D eigenvalue weighted by Gasteiger charge is -2.24. The van der Waals surface area contributed by atoms with Crippen LogP contribution in [0.4, 0.5) is 0 Å². The summed E-state index contributed by atoms with van der Waals surface area (Å²) in [6.07, 6.45) is -0.334. The number of para-hydroxylation sites is 2. The second-order valence-electron chi connectivity index (χ2n) is 17.5. The summed E-state index contributed by atoms with van der Waals surface area (Å²) in [5.74, 6) is 1.43. The topological polar surface area (TPSA) is 62.8 Å². The number of rotatable bonds is 5. The number of nitrogens with one attached hydrogen (secondary N) is 1. The van der Waals surface area contributed by atoms with Crippen molar-refractivity contribution in [3.05, 3.63) is 235 Å². The fourth-order valence-corrected chi connectivity index (χ4v) is 10.6. The molecule has 0 bridgehead atoms. The van der Waals surface area contributed by atoms with E-state index in [4.69, 9.17) is 19.4 Å². The molecule has 1 N–H and O–H groups in total. The fourth-order valence-electron chi connectivity index (χ4n) is 10.6. The van der Waals surface area contributed by atoms with Crippen LogP contribution in [-0.2, 0) is 0 Å². The number of aliphatic imine (C=N–C) groups is 2. The van der Waals surface area contributed by atoms with Gasteiger partial charge in [0.25, 0.3) is 0 Å². The van der Waals surface area contributed by atoms with Gasteiger partial charge in [-0.3, -0.25) is 0 Å². The number of fused-ring (bicyclic) bond motifs is 13. The van der Waals surface area contributed by atoms with Crippen LogP contribution in [0.15, 0.2) is 233 Å². The maximum Gasteiger partial charge on any atom is 0.159 e. The van der Waals surface area contributed by atoms with Gasteiger partial charge in [0.1, 0.15) is 23.2 Å². The van der Waals surface area contributed by atoms with E-state index in [0.717, 1.165) is 93.9 Å². The first-order valence-electron chi connectivity index (χ1n) is 22.8. The molecule has 1 aliphatic rings. The zero-order chi connectivity index (χ0) is 44.0. The van der Waals surface area contributed by atoms with E-state index in [2.05, 4.69) is 212 Å². The van der Waals surface area contributed by atoms with Crippen molar-refractivity contribution in [2.24, 2.45) is 9.98 Å². The highest BCUT2D eigenvalue weighted by Crippen LogP contribution is 2.48. The maximum atomic E-state index is 6.82. The molecule has 0 saturated heterocycles. The van der Waals surface area contributed by atoms with Crippen molar-refractivity contribution in [1.29, 1.82) is 0 Å². The molecule has 14 rings (SSSR count). The summed E-state index contributed by atoms with van der Waals surface area (Å²) in [5.41, 5.74) is 9.66. The van der Waals surface area contributed by atoms with Crippen LogP contribution in [0.1, 0.15) is 22.9 Å². The van der Waals surface area contributed by atoms with E-state index in [9.17, 15) is 0 Å². The average Bonchev–Trinajstić information content (AvgIpc) is 3.78. The van der Waals surface area contributed by atoms with Gasteiger partial charge < -0.3 is 9.73 Å². The molecular formula is C62H38N4O. The molecular weight excluding hydrogens is 817 g/mol. The Morgan fingerprint density at radius 1 is 0.388 bits per heavy atom. The molecule has 3 heterocycles. The van der Waals surface area contributed by atoms with Crippen LogP contribution in [0.2, 0.25) is 0 Å². The highest BCUT2D eigenvalue weighted by atomic mass is 16.3. The molecule has 0 amide bonds. The monoisotopic (exact) mass is 854 g/mol. The Balaban J connectivity index is 1.01. The van der Waals surface area contributed by atoms with E-state index in [1.54, 1.807) is 0 Å². The number of hydrogen-bond donors (Lipinski definition) is 1. The molecule has 67 heavy (non-hydrogen) atoms. The van der Waals surface area contributed by atoms with Gasteiger partial charge in [0, 0.05) is 49.2 Å². The van der Waals surface area contributed by atoms with E-state index >= 15 is 0 Å². The van der Waals surface area contributed by atoms with Crippen LogP contribution in [-0.4, -0.2) is 16.7 Å². The van der Waals surface area contributed by atoms with Gasteiger partial charge in [0.2, 0.25) is 0 Å². The van der Waals surface area contributed by atoms with E-state index in [-0.39, 0.29) is 6.17 Å². The summed E-state index contributed by atoms with van der Waals surface area (Å²) in [5, 5.41) is 18.9. The van der Waals surface area contributed by atoms with Crippen LogP contribution in [0.3, 0.4) is 0 Å². The SMILES string of the molecule is c1ccc(C2N=C(c3ccc4ccccc4c3)N=C(c3cccc(-c4nc5ccccc5c5c(-c6ccc7c8ccccc8c8ccccc8c7c6)c6c(cc45)oc4ccccc46)c3)N2)cc1. The summed E-state index contributed by atoms with van der Waals surface area (Å²) in [6, 6.07) is 77.6. The first kappa shape index (κ1) is 37.4. The lowest BCUT2D eigenvalue weighted by atomic mass is 9.87. The minimum atomic E-state index is -0.334. The van der Waals surface area contributed by atoms with Crippen molar-refractivity contribution >= 4 is 98.4 Å². The van der Waals surface area contributed by atoms with Crippen molar-refractivity contribution in [2.75, 3.05) is 0 Å². The predicted octanol–water partition coefficient (Wildman–Crippen LogP) is 15.7.